The summed E-state index contributed by atoms with van der Waals surface area (Å²) in [6.45, 7) is 0. The fraction of sp³-hybridized carbons (Fsp3) is 0. The van der Waals surface area contributed by atoms with Crippen molar-refractivity contribution in [2.24, 2.45) is 0 Å². The van der Waals surface area contributed by atoms with Crippen molar-refractivity contribution in [1.29, 1.82) is 0 Å². The van der Waals surface area contributed by atoms with E-state index in [2.05, 4.69) is 240 Å². The van der Waals surface area contributed by atoms with Crippen molar-refractivity contribution in [3.8, 4) is 22.5 Å². The second kappa shape index (κ2) is 13.5. The molecule has 0 bridgehead atoms. The van der Waals surface area contributed by atoms with Crippen LogP contribution in [0.15, 0.2) is 231 Å². The summed E-state index contributed by atoms with van der Waals surface area (Å²) in [5.41, 5.74) is 9.50. The Kier molecular flexibility index (Phi) is 7.87. The largest absolute Gasteiger partial charge is 0.307 e. The smallest absolute Gasteiger partial charge is 0.180 e. The normalized spacial score (nSPS) is 11.9. The third-order valence-electron chi connectivity index (χ3n) is 11.9. The number of nitrogens with zero attached hydrogens (tertiary/aromatic N) is 2. The summed E-state index contributed by atoms with van der Waals surface area (Å²) in [5.74, 6) is 0. The lowest BCUT2D eigenvalue weighted by molar-refractivity contribution is 1.13. The zero-order chi connectivity index (χ0) is 37.8. The first-order valence-electron chi connectivity index (χ1n) is 19.7. The van der Waals surface area contributed by atoms with Gasteiger partial charge in [0, 0.05) is 27.2 Å². The maximum Gasteiger partial charge on any atom is 0.180 e. The van der Waals surface area contributed by atoms with Crippen LogP contribution in [0.1, 0.15) is 0 Å². The van der Waals surface area contributed by atoms with E-state index in [0.717, 1.165) is 11.4 Å². The van der Waals surface area contributed by atoms with E-state index in [1.807, 2.05) is 0 Å². The Morgan fingerprint density at radius 2 is 0.754 bits per heavy atom. The number of hydrogen-bond donors (Lipinski definition) is 0. The van der Waals surface area contributed by atoms with Crippen molar-refractivity contribution in [3.05, 3.63) is 231 Å². The lowest BCUT2D eigenvalue weighted by Crippen LogP contribution is -2.74. The molecular formula is C54H38N2Si. The quantitative estimate of drug-likeness (QED) is 0.114. The summed E-state index contributed by atoms with van der Waals surface area (Å²) in [7, 11) is -2.86. The Balaban J connectivity index is 1.25. The van der Waals surface area contributed by atoms with E-state index in [0.29, 0.717) is 0 Å². The summed E-state index contributed by atoms with van der Waals surface area (Å²) in [6.07, 6.45) is 0. The van der Waals surface area contributed by atoms with Gasteiger partial charge in [0.2, 0.25) is 0 Å². The van der Waals surface area contributed by atoms with Crippen LogP contribution >= 0.6 is 0 Å². The average Bonchev–Trinajstić information content (AvgIpc) is 3.82. The zero-order valence-electron chi connectivity index (χ0n) is 31.3. The van der Waals surface area contributed by atoms with Gasteiger partial charge in [-0.05, 0) is 68.3 Å². The van der Waals surface area contributed by atoms with Gasteiger partial charge < -0.3 is 9.13 Å². The molecule has 57 heavy (non-hydrogen) atoms. The van der Waals surface area contributed by atoms with Crippen LogP contribution in [0.2, 0.25) is 0 Å². The topological polar surface area (TPSA) is 9.86 Å². The highest BCUT2D eigenvalue weighted by molar-refractivity contribution is 7.20. The molecule has 0 unspecified atom stereocenters. The summed E-state index contributed by atoms with van der Waals surface area (Å²) >= 11 is 0. The van der Waals surface area contributed by atoms with Crippen LogP contribution in [0.5, 0.6) is 0 Å². The van der Waals surface area contributed by atoms with Gasteiger partial charge in [-0.15, -0.1) is 0 Å². The average molecular weight is 743 g/mol. The standard InChI is InChI=1S/C54H38N2Si/c1-5-19-39(20-6-1)40-35-37-41(38-36-40)55-48-30-15-13-27-45(48)46-29-17-33-51(54(46)55)56-49-31-16-14-28-47(49)53-50(56)32-18-34-52(53)57(42-21-7-2-8-22-42,43-23-9-3-10-24-43)44-25-11-4-12-26-44/h1-38H. The summed E-state index contributed by atoms with van der Waals surface area (Å²) in [4.78, 5) is 0. The monoisotopic (exact) mass is 742 g/mol. The Morgan fingerprint density at radius 1 is 0.298 bits per heavy atom. The Labute approximate surface area is 333 Å². The Morgan fingerprint density at radius 3 is 1.37 bits per heavy atom. The lowest BCUT2D eigenvalue weighted by Gasteiger charge is -2.35. The predicted molar refractivity (Wildman–Crippen MR) is 244 cm³/mol. The fourth-order valence-corrected chi connectivity index (χ4v) is 14.5. The zero-order valence-corrected chi connectivity index (χ0v) is 32.3. The van der Waals surface area contributed by atoms with E-state index in [1.165, 1.54) is 75.5 Å². The van der Waals surface area contributed by atoms with Gasteiger partial charge in [0.25, 0.3) is 0 Å². The second-order valence-electron chi connectivity index (χ2n) is 14.8. The van der Waals surface area contributed by atoms with Gasteiger partial charge >= 0.3 is 0 Å². The second-order valence-corrected chi connectivity index (χ2v) is 18.6. The molecular weight excluding hydrogens is 705 g/mol. The van der Waals surface area contributed by atoms with E-state index in [9.17, 15) is 0 Å². The van der Waals surface area contributed by atoms with Gasteiger partial charge in [0.15, 0.2) is 8.07 Å². The van der Waals surface area contributed by atoms with E-state index in [4.69, 9.17) is 0 Å². The number of hydrogen-bond acceptors (Lipinski definition) is 0. The van der Waals surface area contributed by atoms with Gasteiger partial charge in [0.1, 0.15) is 0 Å². The maximum atomic E-state index is 2.53. The van der Waals surface area contributed by atoms with E-state index >= 15 is 0 Å². The molecule has 0 aliphatic rings. The molecule has 2 nitrogen and oxygen atoms in total. The van der Waals surface area contributed by atoms with Crippen LogP contribution in [-0.2, 0) is 0 Å². The van der Waals surface area contributed by atoms with Crippen molar-refractivity contribution < 1.29 is 0 Å². The molecule has 268 valence electrons. The first kappa shape index (κ1) is 33.2. The molecule has 0 fully saturated rings. The minimum atomic E-state index is -2.86. The van der Waals surface area contributed by atoms with Crippen molar-refractivity contribution >= 4 is 72.4 Å². The van der Waals surface area contributed by atoms with Crippen LogP contribution in [0.4, 0.5) is 0 Å². The molecule has 0 saturated heterocycles. The molecule has 2 aromatic heterocycles. The van der Waals surface area contributed by atoms with Gasteiger partial charge in [-0.3, -0.25) is 0 Å². The van der Waals surface area contributed by atoms with Gasteiger partial charge in [-0.25, -0.2) is 0 Å². The summed E-state index contributed by atoms with van der Waals surface area (Å²) in [5, 5.41) is 10.5. The van der Waals surface area contributed by atoms with Crippen LogP contribution in [0, 0.1) is 0 Å². The third-order valence-corrected chi connectivity index (χ3v) is 16.7. The number of benzene rings is 9. The van der Waals surface area contributed by atoms with Crippen molar-refractivity contribution in [1.82, 2.24) is 9.13 Å². The maximum absolute atomic E-state index is 2.86. The Bertz CT molecular complexity index is 3100. The SMILES string of the molecule is c1ccc(-c2ccc(-n3c4ccccc4c4cccc(-n5c6ccccc6c6c([Si](c7ccccc7)(c7ccccc7)c7ccccc7)cccc65)c43)cc2)cc1. The lowest BCUT2D eigenvalue weighted by atomic mass is 10.1. The highest BCUT2D eigenvalue weighted by Gasteiger charge is 2.43. The molecule has 11 aromatic rings. The van der Waals surface area contributed by atoms with Crippen LogP contribution in [-0.4, -0.2) is 17.2 Å². The first-order valence-corrected chi connectivity index (χ1v) is 21.7. The number of para-hydroxylation sites is 3. The van der Waals surface area contributed by atoms with Crippen molar-refractivity contribution in [2.45, 2.75) is 0 Å². The fourth-order valence-electron chi connectivity index (χ4n) is 9.51. The molecule has 2 heterocycles. The highest BCUT2D eigenvalue weighted by Crippen LogP contribution is 2.40. The molecule has 0 radical (unpaired) electrons. The minimum Gasteiger partial charge on any atom is -0.307 e. The van der Waals surface area contributed by atoms with E-state index in [1.54, 1.807) is 0 Å². The van der Waals surface area contributed by atoms with E-state index in [-0.39, 0.29) is 0 Å². The van der Waals surface area contributed by atoms with Crippen LogP contribution in [0.25, 0.3) is 66.1 Å². The summed E-state index contributed by atoms with van der Waals surface area (Å²) in [6, 6.07) is 85.2. The number of fused-ring (bicyclic) bond motifs is 6. The summed E-state index contributed by atoms with van der Waals surface area (Å²) < 4.78 is 5.00. The molecule has 0 atom stereocenters. The number of aromatic nitrogens is 2. The van der Waals surface area contributed by atoms with Gasteiger partial charge in [0.05, 0.1) is 27.8 Å². The molecule has 0 saturated carbocycles. The van der Waals surface area contributed by atoms with Crippen LogP contribution in [0.3, 0.4) is 0 Å². The van der Waals surface area contributed by atoms with Gasteiger partial charge in [-0.1, -0.05) is 194 Å². The molecule has 0 aliphatic carbocycles. The van der Waals surface area contributed by atoms with Crippen molar-refractivity contribution in [3.63, 3.8) is 0 Å². The minimum absolute atomic E-state index is 1.14. The Hall–Kier alpha value is -7.20. The first-order chi connectivity index (χ1) is 28.3. The molecule has 0 amide bonds. The van der Waals surface area contributed by atoms with Gasteiger partial charge in [-0.2, -0.15) is 0 Å². The highest BCUT2D eigenvalue weighted by atomic mass is 28.3. The molecule has 0 spiro atoms. The van der Waals surface area contributed by atoms with Crippen molar-refractivity contribution in [2.75, 3.05) is 0 Å². The van der Waals surface area contributed by atoms with E-state index < -0.39 is 8.07 Å². The number of rotatable bonds is 7. The van der Waals surface area contributed by atoms with Crippen LogP contribution < -0.4 is 20.7 Å². The predicted octanol–water partition coefficient (Wildman–Crippen LogP) is 10.9. The molecule has 9 aromatic carbocycles. The molecule has 11 rings (SSSR count). The molecule has 3 heteroatoms. The molecule has 0 aliphatic heterocycles. The third kappa shape index (κ3) is 5.10. The molecule has 0 N–H and O–H groups in total.